The summed E-state index contributed by atoms with van der Waals surface area (Å²) in [6.07, 6.45) is 4.40. The molecule has 0 aromatic rings. The van der Waals surface area contributed by atoms with Crippen molar-refractivity contribution in [1.29, 1.82) is 0 Å². The van der Waals surface area contributed by atoms with E-state index >= 15 is 0 Å². The van der Waals surface area contributed by atoms with Crippen molar-refractivity contribution in [2.45, 2.75) is 38.1 Å². The Morgan fingerprint density at radius 2 is 2.38 bits per heavy atom. The van der Waals surface area contributed by atoms with Crippen LogP contribution >= 0.6 is 11.8 Å². The molecule has 2 N–H and O–H groups in total. The quantitative estimate of drug-likeness (QED) is 0.660. The summed E-state index contributed by atoms with van der Waals surface area (Å²) in [5.41, 5.74) is 0.151. The summed E-state index contributed by atoms with van der Waals surface area (Å²) in [6, 6.07) is 0. The second-order valence-corrected chi connectivity index (χ2v) is 4.44. The molecule has 1 rings (SSSR count). The Kier molecular flexibility index (Phi) is 5.23. The largest absolute Gasteiger partial charge is 0.332 e. The van der Waals surface area contributed by atoms with E-state index in [9.17, 15) is 4.79 Å². The number of rotatable bonds is 5. The van der Waals surface area contributed by atoms with E-state index in [-0.39, 0.29) is 11.4 Å². The van der Waals surface area contributed by atoms with Crippen molar-refractivity contribution in [2.24, 2.45) is 0 Å². The average molecular weight is 202 g/mol. The van der Waals surface area contributed by atoms with Crippen LogP contribution in [0.3, 0.4) is 0 Å². The first kappa shape index (κ1) is 10.9. The van der Waals surface area contributed by atoms with E-state index in [4.69, 9.17) is 0 Å². The molecule has 0 bridgehead atoms. The first-order chi connectivity index (χ1) is 6.33. The highest BCUT2D eigenvalue weighted by atomic mass is 32.2. The molecule has 1 saturated heterocycles. The molecule has 1 unspecified atom stereocenters. The van der Waals surface area contributed by atoms with Crippen molar-refractivity contribution in [1.82, 2.24) is 10.6 Å². The zero-order valence-electron chi connectivity index (χ0n) is 8.14. The molecule has 1 aliphatic heterocycles. The lowest BCUT2D eigenvalue weighted by Crippen LogP contribution is -2.49. The second-order valence-electron chi connectivity index (χ2n) is 3.23. The highest BCUT2D eigenvalue weighted by Crippen LogP contribution is 2.11. The van der Waals surface area contributed by atoms with E-state index in [0.717, 1.165) is 12.3 Å². The topological polar surface area (TPSA) is 41.1 Å². The molecule has 4 heteroatoms. The normalized spacial score (nSPS) is 22.8. The molecule has 1 amide bonds. The average Bonchev–Trinajstić information content (AvgIpc) is 2.13. The number of nitrogens with one attached hydrogen (secondary N) is 2. The maximum atomic E-state index is 11.0. The van der Waals surface area contributed by atoms with Crippen molar-refractivity contribution in [3.63, 3.8) is 0 Å². The fourth-order valence-corrected chi connectivity index (χ4v) is 2.30. The van der Waals surface area contributed by atoms with Gasteiger partial charge in [-0.25, -0.2) is 0 Å². The number of hydrogen-bond donors (Lipinski definition) is 2. The van der Waals surface area contributed by atoms with E-state index in [1.165, 1.54) is 19.3 Å². The standard InChI is InChI=1S/C9H18N2OS/c1-2-3-4-7-13-9-10-6-5-8(12)11-9/h9-10H,2-7H2,1H3,(H,11,12). The maximum absolute atomic E-state index is 11.0. The smallest absolute Gasteiger partial charge is 0.223 e. The van der Waals surface area contributed by atoms with Crippen molar-refractivity contribution in [2.75, 3.05) is 12.3 Å². The van der Waals surface area contributed by atoms with E-state index in [2.05, 4.69) is 17.6 Å². The molecular formula is C9H18N2OS. The molecule has 0 aromatic heterocycles. The molecule has 3 nitrogen and oxygen atoms in total. The summed E-state index contributed by atoms with van der Waals surface area (Å²) in [5, 5.41) is 6.16. The molecular weight excluding hydrogens is 184 g/mol. The Labute approximate surface area is 84.0 Å². The van der Waals surface area contributed by atoms with Gasteiger partial charge in [0.2, 0.25) is 5.91 Å². The number of thioether (sulfide) groups is 1. The van der Waals surface area contributed by atoms with Crippen molar-refractivity contribution in [3.05, 3.63) is 0 Å². The third-order valence-electron chi connectivity index (χ3n) is 2.01. The molecule has 0 aromatic carbocycles. The first-order valence-electron chi connectivity index (χ1n) is 4.97. The summed E-state index contributed by atoms with van der Waals surface area (Å²) in [5.74, 6) is 1.30. The molecule has 0 aliphatic carbocycles. The zero-order valence-corrected chi connectivity index (χ0v) is 8.95. The van der Waals surface area contributed by atoms with E-state index in [1.807, 2.05) is 0 Å². The fourth-order valence-electron chi connectivity index (χ4n) is 1.24. The van der Waals surface area contributed by atoms with Gasteiger partial charge < -0.3 is 5.32 Å². The number of unbranched alkanes of at least 4 members (excludes halogenated alkanes) is 2. The van der Waals surface area contributed by atoms with Gasteiger partial charge >= 0.3 is 0 Å². The molecule has 0 radical (unpaired) electrons. The van der Waals surface area contributed by atoms with Crippen LogP contribution in [0.15, 0.2) is 0 Å². The Morgan fingerprint density at radius 1 is 1.54 bits per heavy atom. The lowest BCUT2D eigenvalue weighted by Gasteiger charge is -2.24. The summed E-state index contributed by atoms with van der Waals surface area (Å²) in [7, 11) is 0. The summed E-state index contributed by atoms with van der Waals surface area (Å²) < 4.78 is 0. The third kappa shape index (κ3) is 4.52. The van der Waals surface area contributed by atoms with Crippen LogP contribution in [0.4, 0.5) is 0 Å². The first-order valence-corrected chi connectivity index (χ1v) is 6.02. The molecule has 0 saturated carbocycles. The zero-order chi connectivity index (χ0) is 9.52. The Bertz CT molecular complexity index is 164. The molecule has 1 heterocycles. The minimum Gasteiger partial charge on any atom is -0.332 e. The highest BCUT2D eigenvalue weighted by Gasteiger charge is 2.16. The van der Waals surface area contributed by atoms with E-state index in [0.29, 0.717) is 6.42 Å². The fraction of sp³-hybridized carbons (Fsp3) is 0.889. The Hall–Kier alpha value is -0.220. The summed E-state index contributed by atoms with van der Waals surface area (Å²) in [4.78, 5) is 11.0. The third-order valence-corrected chi connectivity index (χ3v) is 3.15. The highest BCUT2D eigenvalue weighted by molar-refractivity contribution is 7.99. The van der Waals surface area contributed by atoms with Gasteiger partial charge in [-0.2, -0.15) is 0 Å². The van der Waals surface area contributed by atoms with Gasteiger partial charge in [0, 0.05) is 13.0 Å². The minimum absolute atomic E-state index is 0.151. The number of carbonyl (C=O) groups excluding carboxylic acids is 1. The van der Waals surface area contributed by atoms with Crippen molar-refractivity contribution >= 4 is 17.7 Å². The van der Waals surface area contributed by atoms with Gasteiger partial charge in [0.15, 0.2) is 0 Å². The predicted molar refractivity (Wildman–Crippen MR) is 56.5 cm³/mol. The van der Waals surface area contributed by atoms with Crippen LogP contribution in [0.5, 0.6) is 0 Å². The van der Waals surface area contributed by atoms with Gasteiger partial charge in [-0.05, 0) is 12.2 Å². The van der Waals surface area contributed by atoms with Gasteiger partial charge in [0.1, 0.15) is 5.50 Å². The lowest BCUT2D eigenvalue weighted by atomic mass is 10.3. The molecule has 13 heavy (non-hydrogen) atoms. The number of amides is 1. The monoisotopic (exact) mass is 202 g/mol. The summed E-state index contributed by atoms with van der Waals surface area (Å²) >= 11 is 1.80. The molecule has 1 aliphatic rings. The Morgan fingerprint density at radius 3 is 3.08 bits per heavy atom. The number of hydrogen-bond acceptors (Lipinski definition) is 3. The number of carbonyl (C=O) groups is 1. The summed E-state index contributed by atoms with van der Waals surface area (Å²) in [6.45, 7) is 3.02. The van der Waals surface area contributed by atoms with Crippen LogP contribution in [0.2, 0.25) is 0 Å². The van der Waals surface area contributed by atoms with Crippen LogP contribution in [0, 0.1) is 0 Å². The lowest BCUT2D eigenvalue weighted by molar-refractivity contribution is -0.122. The maximum Gasteiger partial charge on any atom is 0.223 e. The van der Waals surface area contributed by atoms with Crippen LogP contribution in [-0.2, 0) is 4.79 Å². The SMILES string of the molecule is CCCCCSC1NCCC(=O)N1. The van der Waals surface area contributed by atoms with Gasteiger partial charge in [0.05, 0.1) is 0 Å². The van der Waals surface area contributed by atoms with Crippen LogP contribution in [0.1, 0.15) is 32.6 Å². The molecule has 0 spiro atoms. The van der Waals surface area contributed by atoms with Crippen LogP contribution in [-0.4, -0.2) is 23.7 Å². The van der Waals surface area contributed by atoms with Gasteiger partial charge in [-0.1, -0.05) is 19.8 Å². The van der Waals surface area contributed by atoms with Crippen molar-refractivity contribution < 1.29 is 4.79 Å². The van der Waals surface area contributed by atoms with Crippen LogP contribution in [0.25, 0.3) is 0 Å². The predicted octanol–water partition coefficient (Wildman–Crippen LogP) is 1.30. The van der Waals surface area contributed by atoms with E-state index in [1.54, 1.807) is 11.8 Å². The van der Waals surface area contributed by atoms with E-state index < -0.39 is 0 Å². The van der Waals surface area contributed by atoms with Crippen LogP contribution < -0.4 is 10.6 Å². The van der Waals surface area contributed by atoms with Gasteiger partial charge in [-0.15, -0.1) is 11.8 Å². The minimum atomic E-state index is 0.151. The second kappa shape index (κ2) is 6.27. The Balaban J connectivity index is 2.03. The van der Waals surface area contributed by atoms with Gasteiger partial charge in [0.25, 0.3) is 0 Å². The molecule has 1 fully saturated rings. The molecule has 1 atom stereocenters. The molecule has 76 valence electrons. The van der Waals surface area contributed by atoms with Gasteiger partial charge in [-0.3, -0.25) is 10.1 Å². The van der Waals surface area contributed by atoms with Crippen molar-refractivity contribution in [3.8, 4) is 0 Å².